The molecule has 0 atom stereocenters. The zero-order valence-corrected chi connectivity index (χ0v) is 11.1. The minimum atomic E-state index is 0. The summed E-state index contributed by atoms with van der Waals surface area (Å²) in [5.74, 6) is 0. The van der Waals surface area contributed by atoms with Crippen molar-refractivity contribution in [3.63, 3.8) is 0 Å². The second-order valence-corrected chi connectivity index (χ2v) is 0. The second kappa shape index (κ2) is 1580. The maximum absolute atomic E-state index is 2.00. The fourth-order valence-corrected chi connectivity index (χ4v) is 0. The molecular formula is C13H42Ar. The molecule has 14 heavy (non-hydrogen) atoms. The largest absolute Gasteiger partial charge is 0.0776 e. The molecule has 0 aromatic rings. The average Bonchev–Trinajstić information content (AvgIpc) is 2.20. The van der Waals surface area contributed by atoms with Gasteiger partial charge in [0.05, 0.1) is 0 Å². The van der Waals surface area contributed by atoms with Gasteiger partial charge in [0, 0.05) is 37.7 Å². The average molecular weight is 238 g/mol. The van der Waals surface area contributed by atoms with Crippen molar-refractivity contribution >= 4 is 0 Å². The van der Waals surface area contributed by atoms with Crippen LogP contribution in [-0.4, -0.2) is 0 Å². The van der Waals surface area contributed by atoms with Crippen LogP contribution in [0.15, 0.2) is 0 Å². The van der Waals surface area contributed by atoms with Gasteiger partial charge >= 0.3 is 0 Å². The molecule has 0 unspecified atom stereocenters. The summed E-state index contributed by atoms with van der Waals surface area (Å²) >= 11 is 0. The first-order valence-electron chi connectivity index (χ1n) is 5.00. The molecule has 0 heterocycles. The first kappa shape index (κ1) is 79.2. The Hall–Kier alpha value is 1.26. The SMILES string of the molecule is C.C.C.CC.CC.CC.CC.CC.[Ar]. The predicted molar refractivity (Wildman–Crippen MR) is 76.9 cm³/mol. The molecule has 0 aromatic carbocycles. The van der Waals surface area contributed by atoms with Crippen LogP contribution in [0.25, 0.3) is 0 Å². The zero-order chi connectivity index (χ0) is 10.0. The molecule has 0 aliphatic carbocycles. The molecule has 0 bridgehead atoms. The van der Waals surface area contributed by atoms with E-state index in [1.54, 1.807) is 0 Å². The van der Waals surface area contributed by atoms with E-state index in [1.807, 2.05) is 69.2 Å². The molecule has 0 amide bonds. The zero-order valence-electron chi connectivity index (χ0n) is 10.4. The molecule has 1 heteroatoms. The molecule has 0 nitrogen and oxygen atoms in total. The van der Waals surface area contributed by atoms with E-state index >= 15 is 0 Å². The number of hydrogen-bond donors (Lipinski definition) is 0. The van der Waals surface area contributed by atoms with Crippen LogP contribution in [0.4, 0.5) is 0 Å². The van der Waals surface area contributed by atoms with E-state index < -0.39 is 0 Å². The van der Waals surface area contributed by atoms with E-state index in [-0.39, 0.29) is 60.0 Å². The van der Waals surface area contributed by atoms with Crippen LogP contribution in [0.5, 0.6) is 0 Å². The van der Waals surface area contributed by atoms with Crippen LogP contribution in [0.1, 0.15) is 91.5 Å². The Kier molecular flexibility index (Phi) is 8940. The van der Waals surface area contributed by atoms with Gasteiger partial charge in [-0.15, -0.1) is 0 Å². The molecule has 0 fully saturated rings. The van der Waals surface area contributed by atoms with E-state index in [0.717, 1.165) is 0 Å². The summed E-state index contributed by atoms with van der Waals surface area (Å²) in [5, 5.41) is 0. The smallest absolute Gasteiger partial charge is 0 e. The second-order valence-electron chi connectivity index (χ2n) is 0. The molecule has 0 aliphatic heterocycles. The Bertz CT molecular complexity index is 5.20. The topological polar surface area (TPSA) is 0 Å². The minimum absolute atomic E-state index is 0. The van der Waals surface area contributed by atoms with Crippen LogP contribution in [-0.2, 0) is 0 Å². The Labute approximate surface area is 128 Å². The van der Waals surface area contributed by atoms with E-state index in [1.165, 1.54) is 0 Å². The molecule has 102 valence electrons. The van der Waals surface area contributed by atoms with Crippen molar-refractivity contribution in [2.45, 2.75) is 91.5 Å². The normalized spacial score (nSPS) is 2.14. The van der Waals surface area contributed by atoms with Gasteiger partial charge in [-0.1, -0.05) is 91.5 Å². The maximum Gasteiger partial charge on any atom is 0 e. The van der Waals surface area contributed by atoms with Gasteiger partial charge in [0.15, 0.2) is 0 Å². The Morgan fingerprint density at radius 1 is 0.286 bits per heavy atom. The van der Waals surface area contributed by atoms with Crippen molar-refractivity contribution in [3.8, 4) is 0 Å². The Morgan fingerprint density at radius 2 is 0.286 bits per heavy atom. The standard InChI is InChI=1S/5C2H6.3CH4.Ar/c5*1-2;;;;/h5*1-2H3;3*1H4;. The summed E-state index contributed by atoms with van der Waals surface area (Å²) < 4.78 is 0. The van der Waals surface area contributed by atoms with Crippen molar-refractivity contribution in [2.24, 2.45) is 0 Å². The maximum atomic E-state index is 2.00. The van der Waals surface area contributed by atoms with Gasteiger partial charge in [-0.3, -0.25) is 0 Å². The Morgan fingerprint density at radius 3 is 0.286 bits per heavy atom. The van der Waals surface area contributed by atoms with Crippen LogP contribution in [0, 0.1) is 37.7 Å². The van der Waals surface area contributed by atoms with Gasteiger partial charge in [0.1, 0.15) is 0 Å². The predicted octanol–water partition coefficient (Wildman–Crippen LogP) is 7.04. The molecular weight excluding hydrogens is 196 g/mol. The van der Waals surface area contributed by atoms with Crippen molar-refractivity contribution in [1.29, 1.82) is 0 Å². The van der Waals surface area contributed by atoms with Crippen LogP contribution in [0.3, 0.4) is 0 Å². The molecule has 0 radical (unpaired) electrons. The van der Waals surface area contributed by atoms with Crippen LogP contribution in [0.2, 0.25) is 0 Å². The van der Waals surface area contributed by atoms with Crippen molar-refractivity contribution in [3.05, 3.63) is 0 Å². The van der Waals surface area contributed by atoms with Gasteiger partial charge in [-0.2, -0.15) is 0 Å². The van der Waals surface area contributed by atoms with Crippen LogP contribution < -0.4 is 0 Å². The number of hydrogen-bond acceptors (Lipinski definition) is 0. The molecule has 0 aromatic heterocycles. The molecule has 0 rings (SSSR count). The van der Waals surface area contributed by atoms with E-state index in [0.29, 0.717) is 0 Å². The summed E-state index contributed by atoms with van der Waals surface area (Å²) in [7, 11) is 0. The van der Waals surface area contributed by atoms with Gasteiger partial charge < -0.3 is 0 Å². The third-order valence-electron chi connectivity index (χ3n) is 0. The summed E-state index contributed by atoms with van der Waals surface area (Å²) in [6, 6.07) is 0. The van der Waals surface area contributed by atoms with Crippen molar-refractivity contribution < 1.29 is 37.7 Å². The van der Waals surface area contributed by atoms with Gasteiger partial charge in [0.2, 0.25) is 0 Å². The summed E-state index contributed by atoms with van der Waals surface area (Å²) in [5.41, 5.74) is 0. The van der Waals surface area contributed by atoms with Crippen molar-refractivity contribution in [1.82, 2.24) is 0 Å². The Balaban J connectivity index is -0.00000000298. The summed E-state index contributed by atoms with van der Waals surface area (Å²) in [4.78, 5) is 0. The third kappa shape index (κ3) is 1260. The van der Waals surface area contributed by atoms with Gasteiger partial charge in [-0.05, 0) is 0 Å². The molecule has 0 saturated heterocycles. The molecule has 0 N–H and O–H groups in total. The van der Waals surface area contributed by atoms with E-state index in [2.05, 4.69) is 0 Å². The first-order chi connectivity index (χ1) is 5.00. The van der Waals surface area contributed by atoms with Gasteiger partial charge in [0.25, 0.3) is 0 Å². The number of rotatable bonds is 0. The first-order valence-corrected chi connectivity index (χ1v) is 5.00. The molecule has 0 spiro atoms. The van der Waals surface area contributed by atoms with E-state index in [4.69, 9.17) is 0 Å². The summed E-state index contributed by atoms with van der Waals surface area (Å²) in [6.45, 7) is 20.0. The molecule has 0 aliphatic rings. The van der Waals surface area contributed by atoms with Crippen LogP contribution >= 0.6 is 0 Å². The fraction of sp³-hybridized carbons (Fsp3) is 1.00. The van der Waals surface area contributed by atoms with E-state index in [9.17, 15) is 0 Å². The quantitative estimate of drug-likeness (QED) is 0.424. The fourth-order valence-electron chi connectivity index (χ4n) is 0. The monoisotopic (exact) mass is 238 g/mol. The third-order valence-corrected chi connectivity index (χ3v) is 0. The van der Waals surface area contributed by atoms with Gasteiger partial charge in [-0.25, -0.2) is 0 Å². The summed E-state index contributed by atoms with van der Waals surface area (Å²) in [6.07, 6.45) is 0. The van der Waals surface area contributed by atoms with Crippen molar-refractivity contribution in [2.75, 3.05) is 0 Å². The minimum Gasteiger partial charge on any atom is -0.0776 e. The molecule has 0 saturated carbocycles.